The third kappa shape index (κ3) is 6.20. The van der Waals surface area contributed by atoms with Crippen molar-refractivity contribution in [2.45, 2.75) is 6.92 Å². The lowest BCUT2D eigenvalue weighted by Gasteiger charge is -2.15. The smallest absolute Gasteiger partial charge is 0.246 e. The molecule has 13 heavy (non-hydrogen) atoms. The Hall–Kier alpha value is 1.07. The SMILES string of the molecule is CCS(=O)CCSP(=S)(OC)OC. The Bertz CT molecular complexity index is 201. The molecule has 0 N–H and O–H groups in total. The molecule has 0 aromatic rings. The Morgan fingerprint density at radius 3 is 2.38 bits per heavy atom. The highest BCUT2D eigenvalue weighted by Gasteiger charge is 2.15. The molecular formula is C6H15O3PS3. The van der Waals surface area contributed by atoms with Crippen molar-refractivity contribution in [1.29, 1.82) is 0 Å². The van der Waals surface area contributed by atoms with E-state index in [1.54, 1.807) is 14.2 Å². The molecule has 0 aliphatic rings. The van der Waals surface area contributed by atoms with Gasteiger partial charge in [0.15, 0.2) is 0 Å². The van der Waals surface area contributed by atoms with Crippen LogP contribution in [0.15, 0.2) is 0 Å². The highest BCUT2D eigenvalue weighted by atomic mass is 32.9. The lowest BCUT2D eigenvalue weighted by atomic mass is 10.9. The topological polar surface area (TPSA) is 35.5 Å². The van der Waals surface area contributed by atoms with Crippen LogP contribution in [0.4, 0.5) is 0 Å². The molecular weight excluding hydrogens is 247 g/mol. The zero-order valence-electron chi connectivity index (χ0n) is 8.02. The first kappa shape index (κ1) is 14.1. The summed E-state index contributed by atoms with van der Waals surface area (Å²) in [5, 5.41) is 0. The van der Waals surface area contributed by atoms with E-state index in [0.29, 0.717) is 11.5 Å². The molecule has 0 amide bonds. The summed E-state index contributed by atoms with van der Waals surface area (Å²) in [5.41, 5.74) is -2.13. The van der Waals surface area contributed by atoms with Gasteiger partial charge >= 0.3 is 0 Å². The fraction of sp³-hybridized carbons (Fsp3) is 1.00. The van der Waals surface area contributed by atoms with Gasteiger partial charge in [0.05, 0.1) is 0 Å². The first-order chi connectivity index (χ1) is 6.08. The average molecular weight is 262 g/mol. The normalized spacial score (nSPS) is 14.4. The van der Waals surface area contributed by atoms with E-state index >= 15 is 0 Å². The third-order valence-electron chi connectivity index (χ3n) is 1.33. The van der Waals surface area contributed by atoms with Crippen molar-refractivity contribution in [3.05, 3.63) is 0 Å². The molecule has 0 saturated heterocycles. The van der Waals surface area contributed by atoms with E-state index in [9.17, 15) is 4.21 Å². The van der Waals surface area contributed by atoms with Gasteiger partial charge < -0.3 is 9.05 Å². The Morgan fingerprint density at radius 2 is 2.00 bits per heavy atom. The van der Waals surface area contributed by atoms with Crippen molar-refractivity contribution in [3.8, 4) is 0 Å². The largest absolute Gasteiger partial charge is 0.325 e. The quantitative estimate of drug-likeness (QED) is 0.656. The summed E-state index contributed by atoms with van der Waals surface area (Å²) < 4.78 is 21.2. The van der Waals surface area contributed by atoms with E-state index in [1.807, 2.05) is 6.92 Å². The maximum atomic E-state index is 11.1. The van der Waals surface area contributed by atoms with E-state index < -0.39 is 16.5 Å². The summed E-state index contributed by atoms with van der Waals surface area (Å²) in [6.07, 6.45) is 0. The summed E-state index contributed by atoms with van der Waals surface area (Å²) in [6.45, 7) is 1.91. The van der Waals surface area contributed by atoms with Crippen LogP contribution in [0.1, 0.15) is 6.92 Å². The number of rotatable bonds is 7. The minimum atomic E-state index is -2.13. The van der Waals surface area contributed by atoms with Gasteiger partial charge in [-0.1, -0.05) is 18.3 Å². The van der Waals surface area contributed by atoms with Gasteiger partial charge in [-0.2, -0.15) is 0 Å². The van der Waals surface area contributed by atoms with Gasteiger partial charge in [-0.05, 0) is 11.8 Å². The van der Waals surface area contributed by atoms with E-state index in [1.165, 1.54) is 11.4 Å². The molecule has 1 unspecified atom stereocenters. The first-order valence-electron chi connectivity index (χ1n) is 3.79. The van der Waals surface area contributed by atoms with Crippen LogP contribution in [0.5, 0.6) is 0 Å². The summed E-state index contributed by atoms with van der Waals surface area (Å²) in [7, 11) is 2.37. The Morgan fingerprint density at radius 1 is 1.46 bits per heavy atom. The molecule has 0 aliphatic carbocycles. The zero-order chi connectivity index (χ0) is 10.3. The Balaban J connectivity index is 3.74. The van der Waals surface area contributed by atoms with Crippen LogP contribution in [0.3, 0.4) is 0 Å². The van der Waals surface area contributed by atoms with E-state index in [0.717, 1.165) is 5.75 Å². The molecule has 1 atom stereocenters. The molecule has 7 heteroatoms. The predicted molar refractivity (Wildman–Crippen MR) is 64.3 cm³/mol. The van der Waals surface area contributed by atoms with Crippen LogP contribution in [0, 0.1) is 0 Å². The molecule has 0 bridgehead atoms. The molecule has 0 heterocycles. The van der Waals surface area contributed by atoms with Crippen molar-refractivity contribution >= 4 is 39.7 Å². The van der Waals surface area contributed by atoms with Gasteiger partial charge in [0.1, 0.15) is 0 Å². The second kappa shape index (κ2) is 7.37. The number of hydrogen-bond donors (Lipinski definition) is 0. The molecule has 0 saturated carbocycles. The minimum absolute atomic E-state index is 0.659. The molecule has 0 aliphatic heterocycles. The van der Waals surface area contributed by atoms with Crippen molar-refractivity contribution in [1.82, 2.24) is 0 Å². The standard InChI is InChI=1S/C6H15O3PS3/c1-4-13(7)6-5-12-10(11,8-2)9-3/h4-6H2,1-3H3. The van der Waals surface area contributed by atoms with Gasteiger partial charge in [-0.25, -0.2) is 0 Å². The fourth-order valence-electron chi connectivity index (χ4n) is 0.566. The van der Waals surface area contributed by atoms with E-state index in [4.69, 9.17) is 20.9 Å². The molecule has 0 radical (unpaired) electrons. The van der Waals surface area contributed by atoms with E-state index in [-0.39, 0.29) is 0 Å². The first-order valence-corrected chi connectivity index (χ1v) is 9.50. The zero-order valence-corrected chi connectivity index (χ0v) is 11.4. The molecule has 0 aromatic carbocycles. The third-order valence-corrected chi connectivity index (χ3v) is 8.72. The second-order valence-corrected chi connectivity index (χ2v) is 10.6. The lowest BCUT2D eigenvalue weighted by molar-refractivity contribution is 0.354. The van der Waals surface area contributed by atoms with Crippen LogP contribution in [0.2, 0.25) is 0 Å². The Labute approximate surface area is 91.3 Å². The van der Waals surface area contributed by atoms with Crippen LogP contribution < -0.4 is 0 Å². The van der Waals surface area contributed by atoms with Gasteiger partial charge in [-0.3, -0.25) is 4.21 Å². The fourth-order valence-corrected chi connectivity index (χ4v) is 5.13. The van der Waals surface area contributed by atoms with Crippen molar-refractivity contribution < 1.29 is 13.3 Å². The minimum Gasteiger partial charge on any atom is -0.325 e. The van der Waals surface area contributed by atoms with Crippen LogP contribution in [-0.4, -0.2) is 35.7 Å². The maximum Gasteiger partial charge on any atom is 0.246 e. The maximum absolute atomic E-state index is 11.1. The number of hydrogen-bond acceptors (Lipinski definition) is 5. The predicted octanol–water partition coefficient (Wildman–Crippen LogP) is 2.01. The van der Waals surface area contributed by atoms with Gasteiger partial charge in [0, 0.05) is 42.3 Å². The second-order valence-electron chi connectivity index (χ2n) is 2.08. The van der Waals surface area contributed by atoms with Gasteiger partial charge in [0.25, 0.3) is 0 Å². The molecule has 0 spiro atoms. The highest BCUT2D eigenvalue weighted by molar-refractivity contribution is 8.67. The van der Waals surface area contributed by atoms with Crippen LogP contribution in [-0.2, 0) is 31.7 Å². The lowest BCUT2D eigenvalue weighted by Crippen LogP contribution is -2.02. The molecule has 0 rings (SSSR count). The summed E-state index contributed by atoms with van der Waals surface area (Å²) in [5.74, 6) is 2.09. The summed E-state index contributed by atoms with van der Waals surface area (Å²) in [6, 6.07) is 0. The monoisotopic (exact) mass is 262 g/mol. The molecule has 3 nitrogen and oxygen atoms in total. The molecule has 0 fully saturated rings. The van der Waals surface area contributed by atoms with Crippen LogP contribution in [0.25, 0.3) is 0 Å². The van der Waals surface area contributed by atoms with Crippen molar-refractivity contribution in [2.75, 3.05) is 31.5 Å². The summed E-state index contributed by atoms with van der Waals surface area (Å²) >= 11 is 6.58. The van der Waals surface area contributed by atoms with E-state index in [2.05, 4.69) is 0 Å². The Kier molecular flexibility index (Phi) is 7.98. The average Bonchev–Trinajstić information content (AvgIpc) is 2.17. The van der Waals surface area contributed by atoms with Crippen molar-refractivity contribution in [3.63, 3.8) is 0 Å². The summed E-state index contributed by atoms with van der Waals surface area (Å²) in [4.78, 5) is 0. The molecule has 0 aromatic heterocycles. The van der Waals surface area contributed by atoms with Crippen molar-refractivity contribution in [2.24, 2.45) is 0 Å². The van der Waals surface area contributed by atoms with Gasteiger partial charge in [0.2, 0.25) is 5.69 Å². The van der Waals surface area contributed by atoms with Crippen LogP contribution >= 0.6 is 17.1 Å². The highest BCUT2D eigenvalue weighted by Crippen LogP contribution is 2.59. The van der Waals surface area contributed by atoms with Gasteiger partial charge in [-0.15, -0.1) is 0 Å². The molecule has 80 valence electrons.